The standard InChI is InChI=1S/C12H20N4O/c1-14-3-5-16(6-4-14)12-9-15(10-12)8-11-2-7-17-13-11/h2,7,12H,3-6,8-10H2,1H3. The fourth-order valence-corrected chi connectivity index (χ4v) is 2.64. The van der Waals surface area contributed by atoms with Crippen LogP contribution in [0.25, 0.3) is 0 Å². The molecule has 17 heavy (non-hydrogen) atoms. The van der Waals surface area contributed by atoms with Gasteiger partial charge in [0.15, 0.2) is 0 Å². The van der Waals surface area contributed by atoms with E-state index < -0.39 is 0 Å². The normalized spacial score (nSPS) is 25.0. The quantitative estimate of drug-likeness (QED) is 0.744. The van der Waals surface area contributed by atoms with Gasteiger partial charge in [-0.2, -0.15) is 0 Å². The molecule has 0 atom stereocenters. The summed E-state index contributed by atoms with van der Waals surface area (Å²) < 4.78 is 4.85. The van der Waals surface area contributed by atoms with Gasteiger partial charge in [-0.1, -0.05) is 5.16 Å². The third-order valence-corrected chi connectivity index (χ3v) is 3.87. The van der Waals surface area contributed by atoms with Crippen LogP contribution in [0, 0.1) is 0 Å². The molecule has 2 fully saturated rings. The molecule has 0 aromatic carbocycles. The Bertz CT molecular complexity index is 339. The second-order valence-corrected chi connectivity index (χ2v) is 5.18. The first-order chi connectivity index (χ1) is 8.31. The second-order valence-electron chi connectivity index (χ2n) is 5.18. The number of nitrogens with zero attached hydrogens (tertiary/aromatic N) is 4. The SMILES string of the molecule is CN1CCN(C2CN(Cc3ccon3)C2)CC1. The molecule has 0 radical (unpaired) electrons. The Morgan fingerprint density at radius 1 is 1.29 bits per heavy atom. The second kappa shape index (κ2) is 4.76. The summed E-state index contributed by atoms with van der Waals surface area (Å²) in [6, 6.07) is 2.71. The fraction of sp³-hybridized carbons (Fsp3) is 0.750. The highest BCUT2D eigenvalue weighted by atomic mass is 16.5. The lowest BCUT2D eigenvalue weighted by molar-refractivity contribution is 0.00449. The highest BCUT2D eigenvalue weighted by molar-refractivity contribution is 4.99. The van der Waals surface area contributed by atoms with Gasteiger partial charge >= 0.3 is 0 Å². The van der Waals surface area contributed by atoms with E-state index in [1.807, 2.05) is 6.07 Å². The summed E-state index contributed by atoms with van der Waals surface area (Å²) in [5.74, 6) is 0. The molecular formula is C12H20N4O. The first-order valence-corrected chi connectivity index (χ1v) is 6.35. The molecule has 0 unspecified atom stereocenters. The van der Waals surface area contributed by atoms with Crippen LogP contribution in [-0.4, -0.2) is 72.2 Å². The van der Waals surface area contributed by atoms with Crippen LogP contribution in [0.1, 0.15) is 5.69 Å². The van der Waals surface area contributed by atoms with E-state index in [4.69, 9.17) is 4.52 Å². The van der Waals surface area contributed by atoms with E-state index in [9.17, 15) is 0 Å². The molecule has 1 aromatic heterocycles. The van der Waals surface area contributed by atoms with Crippen molar-refractivity contribution >= 4 is 0 Å². The third kappa shape index (κ3) is 2.51. The first-order valence-electron chi connectivity index (χ1n) is 6.35. The van der Waals surface area contributed by atoms with Crippen LogP contribution in [-0.2, 0) is 6.54 Å². The number of piperazine rings is 1. The minimum atomic E-state index is 0.760. The highest BCUT2D eigenvalue weighted by Gasteiger charge is 2.33. The van der Waals surface area contributed by atoms with Crippen molar-refractivity contribution in [1.29, 1.82) is 0 Å². The van der Waals surface area contributed by atoms with E-state index in [0.717, 1.165) is 18.3 Å². The molecule has 0 aliphatic carbocycles. The molecule has 3 rings (SSSR count). The minimum Gasteiger partial charge on any atom is -0.364 e. The molecule has 0 spiro atoms. The lowest BCUT2D eigenvalue weighted by atomic mass is 10.1. The van der Waals surface area contributed by atoms with Crippen LogP contribution in [0.4, 0.5) is 0 Å². The van der Waals surface area contributed by atoms with Crippen LogP contribution in [0.5, 0.6) is 0 Å². The summed E-state index contributed by atoms with van der Waals surface area (Å²) >= 11 is 0. The van der Waals surface area contributed by atoms with Gasteiger partial charge in [0.25, 0.3) is 0 Å². The highest BCUT2D eigenvalue weighted by Crippen LogP contribution is 2.18. The van der Waals surface area contributed by atoms with E-state index in [1.165, 1.54) is 39.3 Å². The smallest absolute Gasteiger partial charge is 0.124 e. The molecule has 2 aliphatic heterocycles. The van der Waals surface area contributed by atoms with Gasteiger partial charge in [-0.05, 0) is 7.05 Å². The maximum atomic E-state index is 4.85. The van der Waals surface area contributed by atoms with Gasteiger partial charge in [0.2, 0.25) is 0 Å². The molecule has 0 saturated carbocycles. The first kappa shape index (κ1) is 11.2. The average molecular weight is 236 g/mol. The Labute approximate surface area is 102 Å². The minimum absolute atomic E-state index is 0.760. The Kier molecular flexibility index (Phi) is 3.13. The zero-order valence-electron chi connectivity index (χ0n) is 10.4. The molecule has 0 bridgehead atoms. The number of hydrogen-bond donors (Lipinski definition) is 0. The maximum absolute atomic E-state index is 4.85. The molecule has 0 amide bonds. The molecular weight excluding hydrogens is 216 g/mol. The van der Waals surface area contributed by atoms with E-state index in [2.05, 4.69) is 26.9 Å². The van der Waals surface area contributed by atoms with Crippen molar-refractivity contribution in [3.8, 4) is 0 Å². The van der Waals surface area contributed by atoms with Gasteiger partial charge in [-0.3, -0.25) is 9.80 Å². The number of rotatable bonds is 3. The van der Waals surface area contributed by atoms with Crippen molar-refractivity contribution in [3.05, 3.63) is 18.0 Å². The summed E-state index contributed by atoms with van der Waals surface area (Å²) in [7, 11) is 2.20. The predicted octanol–water partition coefficient (Wildman–Crippen LogP) is 0.106. The van der Waals surface area contributed by atoms with Crippen molar-refractivity contribution < 1.29 is 4.52 Å². The van der Waals surface area contributed by atoms with Crippen molar-refractivity contribution in [2.75, 3.05) is 46.3 Å². The Balaban J connectivity index is 1.42. The summed E-state index contributed by atoms with van der Waals surface area (Å²) in [6.07, 6.45) is 1.65. The molecule has 1 aromatic rings. The van der Waals surface area contributed by atoms with Gasteiger partial charge in [0.1, 0.15) is 6.26 Å². The van der Waals surface area contributed by atoms with Crippen molar-refractivity contribution in [1.82, 2.24) is 19.9 Å². The lowest BCUT2D eigenvalue weighted by Crippen LogP contribution is -2.62. The zero-order valence-corrected chi connectivity index (χ0v) is 10.4. The summed E-state index contributed by atoms with van der Waals surface area (Å²) in [4.78, 5) is 7.46. The van der Waals surface area contributed by atoms with Crippen LogP contribution in [0.15, 0.2) is 16.9 Å². The summed E-state index contributed by atoms with van der Waals surface area (Å²) in [5, 5.41) is 3.95. The van der Waals surface area contributed by atoms with Crippen molar-refractivity contribution in [2.24, 2.45) is 0 Å². The molecule has 94 valence electrons. The molecule has 2 aliphatic rings. The zero-order chi connectivity index (χ0) is 11.7. The molecule has 0 N–H and O–H groups in total. The van der Waals surface area contributed by atoms with Crippen molar-refractivity contribution in [2.45, 2.75) is 12.6 Å². The Hall–Kier alpha value is -0.910. The maximum Gasteiger partial charge on any atom is 0.124 e. The van der Waals surface area contributed by atoms with E-state index in [0.29, 0.717) is 0 Å². The van der Waals surface area contributed by atoms with Gasteiger partial charge in [-0.15, -0.1) is 0 Å². The molecule has 5 nitrogen and oxygen atoms in total. The number of hydrogen-bond acceptors (Lipinski definition) is 5. The van der Waals surface area contributed by atoms with E-state index in [-0.39, 0.29) is 0 Å². The van der Waals surface area contributed by atoms with Crippen LogP contribution < -0.4 is 0 Å². The van der Waals surface area contributed by atoms with E-state index in [1.54, 1.807) is 6.26 Å². The van der Waals surface area contributed by atoms with Crippen LogP contribution in [0.3, 0.4) is 0 Å². The fourth-order valence-electron chi connectivity index (χ4n) is 2.64. The number of likely N-dealkylation sites (tertiary alicyclic amines) is 1. The third-order valence-electron chi connectivity index (χ3n) is 3.87. The Morgan fingerprint density at radius 2 is 2.06 bits per heavy atom. The predicted molar refractivity (Wildman–Crippen MR) is 64.6 cm³/mol. The molecule has 2 saturated heterocycles. The lowest BCUT2D eigenvalue weighted by Gasteiger charge is -2.47. The molecule has 3 heterocycles. The van der Waals surface area contributed by atoms with Crippen LogP contribution >= 0.6 is 0 Å². The average Bonchev–Trinajstić information content (AvgIpc) is 2.77. The van der Waals surface area contributed by atoms with Crippen LogP contribution in [0.2, 0.25) is 0 Å². The largest absolute Gasteiger partial charge is 0.364 e. The topological polar surface area (TPSA) is 35.8 Å². The van der Waals surface area contributed by atoms with Crippen molar-refractivity contribution in [3.63, 3.8) is 0 Å². The van der Waals surface area contributed by atoms with Gasteiger partial charge in [-0.25, -0.2) is 0 Å². The molecule has 5 heteroatoms. The Morgan fingerprint density at radius 3 is 2.71 bits per heavy atom. The van der Waals surface area contributed by atoms with Gasteiger partial charge < -0.3 is 9.42 Å². The summed E-state index contributed by atoms with van der Waals surface area (Å²) in [6.45, 7) is 8.14. The van der Waals surface area contributed by atoms with E-state index >= 15 is 0 Å². The number of likely N-dealkylation sites (N-methyl/N-ethyl adjacent to an activating group) is 1. The van der Waals surface area contributed by atoms with Gasteiger partial charge in [0, 0.05) is 57.9 Å². The number of aromatic nitrogens is 1. The monoisotopic (exact) mass is 236 g/mol. The van der Waals surface area contributed by atoms with Gasteiger partial charge in [0.05, 0.1) is 5.69 Å². The summed E-state index contributed by atoms with van der Waals surface area (Å²) in [5.41, 5.74) is 1.04.